The smallest absolute Gasteiger partial charge is 0.277 e. The maximum absolute atomic E-state index is 14.9. The first-order chi connectivity index (χ1) is 12.5. The van der Waals surface area contributed by atoms with E-state index in [0.29, 0.717) is 10.3 Å². The fourth-order valence-corrected chi connectivity index (χ4v) is 3.05. The number of rotatable bonds is 6. The summed E-state index contributed by atoms with van der Waals surface area (Å²) in [5, 5.41) is 11.4. The molecule has 2 aromatic carbocycles. The molecule has 136 valence electrons. The number of fused-ring (bicyclic) bond motifs is 1. The quantitative estimate of drug-likeness (QED) is 0.452. The van der Waals surface area contributed by atoms with Gasteiger partial charge in [-0.25, -0.2) is 19.2 Å². The number of amides is 1. The molecule has 0 atom stereocenters. The average Bonchev–Trinajstić information content (AvgIpc) is 3.08. The lowest BCUT2D eigenvalue weighted by molar-refractivity contribution is 0.0169. The number of anilines is 2. The molecule has 0 bridgehead atoms. The van der Waals surface area contributed by atoms with Gasteiger partial charge < -0.3 is 10.4 Å². The van der Waals surface area contributed by atoms with Gasteiger partial charge in [0.15, 0.2) is 5.82 Å². The molecule has 3 N–H and O–H groups in total. The lowest BCUT2D eigenvalue weighted by Gasteiger charge is -2.14. The lowest BCUT2D eigenvalue weighted by atomic mass is 10.1. The van der Waals surface area contributed by atoms with Crippen LogP contribution >= 0.6 is 11.3 Å². The highest BCUT2D eigenvalue weighted by molar-refractivity contribution is 7.16. The van der Waals surface area contributed by atoms with Crippen molar-refractivity contribution in [1.82, 2.24) is 10.5 Å². The first-order valence-corrected chi connectivity index (χ1v) is 8.51. The molecule has 0 aliphatic rings. The third-order valence-electron chi connectivity index (χ3n) is 3.55. The minimum absolute atomic E-state index is 0.0226. The minimum Gasteiger partial charge on any atom is -0.394 e. The predicted octanol–water partition coefficient (Wildman–Crippen LogP) is 3.28. The van der Waals surface area contributed by atoms with E-state index in [9.17, 15) is 13.6 Å². The monoisotopic (exact) mass is 379 g/mol. The first kappa shape index (κ1) is 18.2. The summed E-state index contributed by atoms with van der Waals surface area (Å²) in [4.78, 5) is 21.1. The van der Waals surface area contributed by atoms with Crippen LogP contribution in [0.15, 0.2) is 29.8 Å². The number of carbonyl (C=O) groups excluding carboxylic acids is 1. The van der Waals surface area contributed by atoms with Crippen molar-refractivity contribution >= 4 is 38.8 Å². The Bertz CT molecular complexity index is 962. The molecule has 0 saturated carbocycles. The molecule has 3 rings (SSSR count). The number of aryl methyl sites for hydroxylation is 1. The largest absolute Gasteiger partial charge is 0.394 e. The molecule has 0 spiro atoms. The van der Waals surface area contributed by atoms with E-state index in [-0.39, 0.29) is 35.7 Å². The Hall–Kier alpha value is -2.62. The molecule has 6 nitrogen and oxygen atoms in total. The Morgan fingerprint density at radius 2 is 2.15 bits per heavy atom. The maximum atomic E-state index is 14.9. The van der Waals surface area contributed by atoms with E-state index >= 15 is 0 Å². The van der Waals surface area contributed by atoms with E-state index in [0.717, 1.165) is 0 Å². The third-order valence-corrected chi connectivity index (χ3v) is 4.33. The van der Waals surface area contributed by atoms with Crippen LogP contribution in [0.2, 0.25) is 0 Å². The summed E-state index contributed by atoms with van der Waals surface area (Å²) in [5.74, 6) is -2.08. The third kappa shape index (κ3) is 3.64. The zero-order valence-electron chi connectivity index (χ0n) is 13.7. The van der Waals surface area contributed by atoms with E-state index in [1.54, 1.807) is 13.0 Å². The highest BCUT2D eigenvalue weighted by atomic mass is 32.1. The molecule has 0 fully saturated rings. The van der Waals surface area contributed by atoms with Crippen molar-refractivity contribution in [3.63, 3.8) is 0 Å². The highest BCUT2D eigenvalue weighted by Gasteiger charge is 2.21. The Labute approximate surface area is 151 Å². The van der Waals surface area contributed by atoms with Gasteiger partial charge >= 0.3 is 0 Å². The number of thiazole rings is 1. The van der Waals surface area contributed by atoms with Gasteiger partial charge in [-0.15, -0.1) is 11.3 Å². The van der Waals surface area contributed by atoms with E-state index in [2.05, 4.69) is 15.8 Å². The molecule has 3 aromatic rings. The van der Waals surface area contributed by atoms with Crippen LogP contribution in [-0.4, -0.2) is 29.2 Å². The van der Waals surface area contributed by atoms with Crippen LogP contribution in [0.5, 0.6) is 0 Å². The Kier molecular flexibility index (Phi) is 5.40. The summed E-state index contributed by atoms with van der Waals surface area (Å²) >= 11 is 1.17. The van der Waals surface area contributed by atoms with E-state index in [1.165, 1.54) is 35.0 Å². The van der Waals surface area contributed by atoms with Crippen molar-refractivity contribution in [3.8, 4) is 0 Å². The van der Waals surface area contributed by atoms with Crippen LogP contribution in [0, 0.1) is 18.6 Å². The molecule has 0 aliphatic carbocycles. The number of hydrogen-bond acceptors (Lipinski definition) is 6. The Balaban J connectivity index is 2.04. The van der Waals surface area contributed by atoms with Gasteiger partial charge in [0.05, 0.1) is 40.4 Å². The Morgan fingerprint density at radius 1 is 1.35 bits per heavy atom. The maximum Gasteiger partial charge on any atom is 0.277 e. The summed E-state index contributed by atoms with van der Waals surface area (Å²) in [6, 6.07) is 5.86. The zero-order valence-corrected chi connectivity index (χ0v) is 14.5. The second-order valence-corrected chi connectivity index (χ2v) is 6.31. The van der Waals surface area contributed by atoms with Crippen molar-refractivity contribution in [2.24, 2.45) is 0 Å². The first-order valence-electron chi connectivity index (χ1n) is 7.63. The molecule has 1 aromatic heterocycles. The molecule has 26 heavy (non-hydrogen) atoms. The molecular weight excluding hydrogens is 364 g/mol. The summed E-state index contributed by atoms with van der Waals surface area (Å²) in [6.45, 7) is 1.32. The number of aliphatic hydroxyl groups excluding tert-OH is 1. The van der Waals surface area contributed by atoms with Gasteiger partial charge in [0, 0.05) is 0 Å². The SMILES string of the molecule is Cc1ccc(Nc2c(C(=O)NOCCO)cc3scnc3c2F)c(F)c1. The molecule has 1 amide bonds. The van der Waals surface area contributed by atoms with Gasteiger partial charge in [0.25, 0.3) is 5.91 Å². The predicted molar refractivity (Wildman–Crippen MR) is 94.5 cm³/mol. The molecule has 0 aliphatic heterocycles. The minimum atomic E-state index is -0.768. The molecule has 1 heterocycles. The number of hydroxylamine groups is 1. The fourth-order valence-electron chi connectivity index (χ4n) is 2.34. The van der Waals surface area contributed by atoms with Crippen molar-refractivity contribution in [2.45, 2.75) is 6.92 Å². The molecule has 0 radical (unpaired) electrons. The van der Waals surface area contributed by atoms with Gasteiger partial charge in [-0.3, -0.25) is 9.63 Å². The molecule has 0 unspecified atom stereocenters. The van der Waals surface area contributed by atoms with E-state index in [1.807, 2.05) is 0 Å². The second-order valence-electron chi connectivity index (χ2n) is 5.42. The zero-order chi connectivity index (χ0) is 18.7. The van der Waals surface area contributed by atoms with Crippen LogP contribution in [-0.2, 0) is 4.84 Å². The summed E-state index contributed by atoms with van der Waals surface area (Å²) in [6.07, 6.45) is 0. The summed E-state index contributed by atoms with van der Waals surface area (Å²) < 4.78 is 29.5. The van der Waals surface area contributed by atoms with Gasteiger partial charge in [-0.05, 0) is 30.7 Å². The van der Waals surface area contributed by atoms with E-state index < -0.39 is 17.5 Å². The number of nitrogens with one attached hydrogen (secondary N) is 2. The molecule has 9 heteroatoms. The summed E-state index contributed by atoms with van der Waals surface area (Å²) in [5.41, 5.74) is 4.10. The number of hydrogen-bond donors (Lipinski definition) is 3. The number of nitrogens with zero attached hydrogens (tertiary/aromatic N) is 1. The van der Waals surface area contributed by atoms with Crippen molar-refractivity contribution in [3.05, 3.63) is 52.5 Å². The number of halogens is 2. The van der Waals surface area contributed by atoms with E-state index in [4.69, 9.17) is 9.94 Å². The van der Waals surface area contributed by atoms with Crippen LogP contribution < -0.4 is 10.8 Å². The standard InChI is InChI=1S/C17H15F2N3O3S/c1-9-2-3-12(11(18)6-9)21-15-10(17(24)22-25-5-4-23)7-13-16(14(15)19)20-8-26-13/h2-3,6-8,21,23H,4-5H2,1H3,(H,22,24). The number of carbonyl (C=O) groups is 1. The normalized spacial score (nSPS) is 10.9. The van der Waals surface area contributed by atoms with Crippen molar-refractivity contribution in [2.75, 3.05) is 18.5 Å². The van der Waals surface area contributed by atoms with Crippen molar-refractivity contribution < 1.29 is 23.5 Å². The Morgan fingerprint density at radius 3 is 2.88 bits per heavy atom. The topological polar surface area (TPSA) is 83.5 Å². The molecular formula is C17H15F2N3O3S. The second kappa shape index (κ2) is 7.73. The number of benzene rings is 2. The van der Waals surface area contributed by atoms with Crippen LogP contribution in [0.25, 0.3) is 10.2 Å². The van der Waals surface area contributed by atoms with Crippen LogP contribution in [0.4, 0.5) is 20.2 Å². The van der Waals surface area contributed by atoms with Gasteiger partial charge in [-0.1, -0.05) is 6.07 Å². The lowest BCUT2D eigenvalue weighted by Crippen LogP contribution is -2.26. The van der Waals surface area contributed by atoms with Gasteiger partial charge in [-0.2, -0.15) is 0 Å². The van der Waals surface area contributed by atoms with Crippen LogP contribution in [0.3, 0.4) is 0 Å². The van der Waals surface area contributed by atoms with Gasteiger partial charge in [0.1, 0.15) is 11.3 Å². The van der Waals surface area contributed by atoms with Gasteiger partial charge in [0.2, 0.25) is 0 Å². The average molecular weight is 379 g/mol. The summed E-state index contributed by atoms with van der Waals surface area (Å²) in [7, 11) is 0. The fraction of sp³-hybridized carbons (Fsp3) is 0.176. The highest BCUT2D eigenvalue weighted by Crippen LogP contribution is 2.33. The molecule has 0 saturated heterocycles. The van der Waals surface area contributed by atoms with Crippen LogP contribution in [0.1, 0.15) is 15.9 Å². The number of aromatic nitrogens is 1. The number of aliphatic hydroxyl groups is 1. The van der Waals surface area contributed by atoms with Crippen molar-refractivity contribution in [1.29, 1.82) is 0 Å².